The molecule has 1 aliphatic carbocycles. The first-order valence-corrected chi connectivity index (χ1v) is 24.1. The number of nitrogens with zero attached hydrogens (tertiary/aromatic N) is 2. The van der Waals surface area contributed by atoms with E-state index in [0.717, 1.165) is 46.0 Å². The number of rotatable bonds is 10. The molecule has 1 spiro atoms. The molecule has 2 atom stereocenters. The number of benzene rings is 10. The lowest BCUT2D eigenvalue weighted by atomic mass is 9.64. The largest absolute Gasteiger partial charge is 0.310 e. The zero-order valence-electron chi connectivity index (χ0n) is 39.1. The maximum absolute atomic E-state index is 4.62. The third kappa shape index (κ3) is 6.94. The molecule has 0 bridgehead atoms. The summed E-state index contributed by atoms with van der Waals surface area (Å²) in [5.74, 6) is 0.124. The zero-order valence-corrected chi connectivity index (χ0v) is 39.1. The van der Waals surface area contributed by atoms with Gasteiger partial charge in [-0.1, -0.05) is 195 Å². The summed E-state index contributed by atoms with van der Waals surface area (Å²) in [5, 5.41) is 0. The minimum absolute atomic E-state index is 0.124. The monoisotopic (exact) mass is 884 g/mol. The summed E-state index contributed by atoms with van der Waals surface area (Å²) in [4.78, 5) is 4.91. The van der Waals surface area contributed by atoms with E-state index in [9.17, 15) is 0 Å². The molecular weight excluding hydrogens is 833 g/mol. The molecular formula is C67H52N2. The van der Waals surface area contributed by atoms with Gasteiger partial charge in [0.25, 0.3) is 0 Å². The van der Waals surface area contributed by atoms with Crippen molar-refractivity contribution in [2.24, 2.45) is 0 Å². The fraction of sp³-hybridized carbons (Fsp3) is 0.0746. The summed E-state index contributed by atoms with van der Waals surface area (Å²) in [6.45, 7) is 9.00. The fourth-order valence-corrected chi connectivity index (χ4v) is 11.7. The molecule has 10 aromatic rings. The summed E-state index contributed by atoms with van der Waals surface area (Å²) in [5.41, 5.74) is 23.6. The van der Waals surface area contributed by atoms with Crippen molar-refractivity contribution >= 4 is 39.7 Å². The number of hydrogen-bond donors (Lipinski definition) is 0. The topological polar surface area (TPSA) is 6.48 Å². The molecule has 10 aromatic carbocycles. The van der Waals surface area contributed by atoms with Gasteiger partial charge in [-0.25, -0.2) is 0 Å². The summed E-state index contributed by atoms with van der Waals surface area (Å²) in [7, 11) is 0. The van der Waals surface area contributed by atoms with Gasteiger partial charge in [0.05, 0.1) is 16.8 Å². The first-order chi connectivity index (χ1) is 34.0. The molecule has 330 valence electrons. The maximum atomic E-state index is 4.62. The van der Waals surface area contributed by atoms with Gasteiger partial charge in [-0.15, -0.1) is 0 Å². The van der Waals surface area contributed by atoms with Crippen molar-refractivity contribution in [1.82, 2.24) is 0 Å². The van der Waals surface area contributed by atoms with E-state index in [1.165, 1.54) is 72.4 Å². The minimum atomic E-state index is -0.656. The van der Waals surface area contributed by atoms with Crippen LogP contribution >= 0.6 is 0 Å². The summed E-state index contributed by atoms with van der Waals surface area (Å²) < 4.78 is 0. The second-order valence-electron chi connectivity index (χ2n) is 18.6. The van der Waals surface area contributed by atoms with Crippen molar-refractivity contribution in [3.05, 3.63) is 316 Å². The van der Waals surface area contributed by atoms with Gasteiger partial charge in [-0.2, -0.15) is 0 Å². The third-order valence-corrected chi connectivity index (χ3v) is 14.7. The number of aryl methyl sites for hydroxylation is 2. The van der Waals surface area contributed by atoms with E-state index >= 15 is 0 Å². The van der Waals surface area contributed by atoms with E-state index in [2.05, 4.69) is 279 Å². The Hall–Kier alpha value is -8.46. The molecule has 2 aliphatic rings. The van der Waals surface area contributed by atoms with Gasteiger partial charge < -0.3 is 9.80 Å². The lowest BCUT2D eigenvalue weighted by Gasteiger charge is -2.45. The highest BCUT2D eigenvalue weighted by Gasteiger charge is 2.52. The van der Waals surface area contributed by atoms with E-state index in [1.807, 2.05) is 0 Å². The van der Waals surface area contributed by atoms with E-state index in [1.54, 1.807) is 0 Å². The molecule has 0 radical (unpaired) electrons. The van der Waals surface area contributed by atoms with E-state index in [-0.39, 0.29) is 5.92 Å². The highest BCUT2D eigenvalue weighted by Crippen LogP contribution is 2.65. The molecule has 1 aliphatic heterocycles. The van der Waals surface area contributed by atoms with Gasteiger partial charge in [-0.05, 0) is 159 Å². The molecule has 0 aromatic heterocycles. The van der Waals surface area contributed by atoms with E-state index in [4.69, 9.17) is 0 Å². The molecule has 0 saturated heterocycles. The molecule has 69 heavy (non-hydrogen) atoms. The Bertz CT molecular complexity index is 3520. The van der Waals surface area contributed by atoms with Crippen LogP contribution in [0.2, 0.25) is 0 Å². The van der Waals surface area contributed by atoms with Crippen molar-refractivity contribution in [2.75, 3.05) is 9.80 Å². The van der Waals surface area contributed by atoms with Crippen LogP contribution in [-0.4, -0.2) is 0 Å². The number of para-hydroxylation sites is 3. The normalized spacial score (nSPS) is 14.6. The second-order valence-corrected chi connectivity index (χ2v) is 18.6. The van der Waals surface area contributed by atoms with Crippen molar-refractivity contribution in [2.45, 2.75) is 31.6 Å². The van der Waals surface area contributed by atoms with Crippen LogP contribution in [0.1, 0.15) is 67.1 Å². The minimum Gasteiger partial charge on any atom is -0.310 e. The average molecular weight is 885 g/mol. The number of fused-ring (bicyclic) bond motifs is 9. The Kier molecular flexibility index (Phi) is 10.5. The molecule has 2 nitrogen and oxygen atoms in total. The Morgan fingerprint density at radius 1 is 0.464 bits per heavy atom. The second kappa shape index (κ2) is 17.3. The first-order valence-electron chi connectivity index (χ1n) is 24.1. The Morgan fingerprint density at radius 3 is 1.80 bits per heavy atom. The number of hydrogen-bond acceptors (Lipinski definition) is 2. The molecule has 12 rings (SSSR count). The average Bonchev–Trinajstić information content (AvgIpc) is 3.70. The van der Waals surface area contributed by atoms with Crippen LogP contribution in [0.3, 0.4) is 0 Å². The van der Waals surface area contributed by atoms with Crippen LogP contribution in [0, 0.1) is 13.8 Å². The zero-order chi connectivity index (χ0) is 46.5. The summed E-state index contributed by atoms with van der Waals surface area (Å²) in [6.07, 6.45) is 0.887. The predicted molar refractivity (Wildman–Crippen MR) is 289 cm³/mol. The van der Waals surface area contributed by atoms with Crippen LogP contribution in [0.15, 0.2) is 255 Å². The third-order valence-electron chi connectivity index (χ3n) is 14.7. The Balaban J connectivity index is 1.12. The van der Waals surface area contributed by atoms with Crippen LogP contribution < -0.4 is 9.80 Å². The van der Waals surface area contributed by atoms with Crippen molar-refractivity contribution < 1.29 is 0 Å². The predicted octanol–water partition coefficient (Wildman–Crippen LogP) is 17.4. The maximum Gasteiger partial charge on any atom is 0.0755 e. The lowest BCUT2D eigenvalue weighted by molar-refractivity contribution is 0.748. The highest BCUT2D eigenvalue weighted by atomic mass is 15.2. The van der Waals surface area contributed by atoms with Crippen molar-refractivity contribution in [3.8, 4) is 11.1 Å². The van der Waals surface area contributed by atoms with Crippen LogP contribution in [0.25, 0.3) is 16.7 Å². The van der Waals surface area contributed by atoms with Crippen LogP contribution in [0.5, 0.6) is 0 Å². The fourth-order valence-electron chi connectivity index (χ4n) is 11.7. The van der Waals surface area contributed by atoms with Crippen molar-refractivity contribution in [3.63, 3.8) is 0 Å². The summed E-state index contributed by atoms with van der Waals surface area (Å²) in [6, 6.07) is 91.9. The SMILES string of the molecule is C=C(c1ccccc1C)c1ccc(N(c2ccccc2)c2ccc3c(c2)C2(c4ccccc4-c4c(C(Cc5ccccc5)c5ccccc5)cccc42)c2ccccc2N3c2ccccc2)cc1C. The lowest BCUT2D eigenvalue weighted by Crippen LogP contribution is -2.36. The van der Waals surface area contributed by atoms with Gasteiger partial charge in [0.1, 0.15) is 0 Å². The quantitative estimate of drug-likeness (QED) is 0.135. The smallest absolute Gasteiger partial charge is 0.0755 e. The van der Waals surface area contributed by atoms with Gasteiger partial charge in [0.15, 0.2) is 0 Å². The molecule has 1 heterocycles. The van der Waals surface area contributed by atoms with Gasteiger partial charge >= 0.3 is 0 Å². The standard InChI is InChI=1S/C67H52N2/c1-46-23-16-17-32-55(46)48(3)56-41-39-53(43-47(56)2)68(51-28-12-6-13-29-51)54-40-42-65-63(45-54)67(61-36-20-21-38-64(61)69(65)52-30-14-7-15-31-52)60-35-19-18-33-58(60)66-57(34-22-37-62(66)67)59(50-26-10-5-11-27-50)44-49-24-8-4-9-25-49/h4-43,45,59H,3,44H2,1-2H3. The summed E-state index contributed by atoms with van der Waals surface area (Å²) >= 11 is 0. The van der Waals surface area contributed by atoms with Gasteiger partial charge in [0.2, 0.25) is 0 Å². The first kappa shape index (κ1) is 41.9. The van der Waals surface area contributed by atoms with Crippen LogP contribution in [0.4, 0.5) is 34.1 Å². The molecule has 0 N–H and O–H groups in total. The molecule has 0 amide bonds. The van der Waals surface area contributed by atoms with E-state index < -0.39 is 5.41 Å². The Morgan fingerprint density at radius 2 is 1.04 bits per heavy atom. The molecule has 2 heteroatoms. The molecule has 2 unspecified atom stereocenters. The number of anilines is 6. The molecule has 0 fully saturated rings. The van der Waals surface area contributed by atoms with E-state index in [0.29, 0.717) is 0 Å². The Labute approximate surface area is 406 Å². The van der Waals surface area contributed by atoms with Gasteiger partial charge in [0, 0.05) is 28.7 Å². The highest BCUT2D eigenvalue weighted by molar-refractivity contribution is 5.98. The van der Waals surface area contributed by atoms with Crippen molar-refractivity contribution in [1.29, 1.82) is 0 Å². The molecule has 0 saturated carbocycles. The van der Waals surface area contributed by atoms with Crippen LogP contribution in [-0.2, 0) is 11.8 Å². The van der Waals surface area contributed by atoms with Gasteiger partial charge in [-0.3, -0.25) is 0 Å².